The number of benzene rings is 1. The van der Waals surface area contributed by atoms with Gasteiger partial charge in [-0.25, -0.2) is 0 Å². The van der Waals surface area contributed by atoms with E-state index in [-0.39, 0.29) is 0 Å². The first-order chi connectivity index (χ1) is 9.04. The van der Waals surface area contributed by atoms with Crippen molar-refractivity contribution in [2.75, 3.05) is 20.3 Å². The van der Waals surface area contributed by atoms with Gasteiger partial charge in [-0.2, -0.15) is 5.10 Å². The molecule has 0 heterocycles. The number of ether oxygens (including phenoxy) is 1. The van der Waals surface area contributed by atoms with E-state index in [9.17, 15) is 0 Å². The summed E-state index contributed by atoms with van der Waals surface area (Å²) in [5, 5.41) is 7.77. The van der Waals surface area contributed by atoms with Gasteiger partial charge < -0.3 is 10.1 Å². The third-order valence-electron chi connectivity index (χ3n) is 2.84. The molecular weight excluding hydrogens is 258 g/mol. The third-order valence-corrected chi connectivity index (χ3v) is 3.08. The lowest BCUT2D eigenvalue weighted by Crippen LogP contribution is -2.34. The van der Waals surface area contributed by atoms with Crippen molar-refractivity contribution < 1.29 is 4.74 Å². The van der Waals surface area contributed by atoms with Crippen LogP contribution in [0.2, 0.25) is 0 Å². The van der Waals surface area contributed by atoms with Crippen molar-refractivity contribution in [1.29, 1.82) is 0 Å². The van der Waals surface area contributed by atoms with Crippen molar-refractivity contribution in [3.8, 4) is 0 Å². The largest absolute Gasteiger partial charge is 0.383 e. The summed E-state index contributed by atoms with van der Waals surface area (Å²) in [5.74, 6) is 0. The highest BCUT2D eigenvalue weighted by Gasteiger charge is 2.00. The van der Waals surface area contributed by atoms with Crippen molar-refractivity contribution in [3.05, 3.63) is 34.9 Å². The summed E-state index contributed by atoms with van der Waals surface area (Å²) in [7, 11) is 1.65. The van der Waals surface area contributed by atoms with Gasteiger partial charge in [-0.15, -0.1) is 0 Å². The quantitative estimate of drug-likeness (QED) is 0.375. The number of nitrogens with zero attached hydrogens (tertiary/aromatic N) is 1. The molecule has 0 spiro atoms. The van der Waals surface area contributed by atoms with Crippen LogP contribution in [0.15, 0.2) is 23.3 Å². The molecule has 1 aromatic rings. The molecule has 0 aliphatic rings. The molecule has 104 valence electrons. The van der Waals surface area contributed by atoms with Gasteiger partial charge in [0.05, 0.1) is 12.3 Å². The lowest BCUT2D eigenvalue weighted by atomic mass is 10.0. The van der Waals surface area contributed by atoms with Gasteiger partial charge in [0.2, 0.25) is 0 Å². The van der Waals surface area contributed by atoms with Gasteiger partial charge in [-0.05, 0) is 55.7 Å². The van der Waals surface area contributed by atoms with E-state index >= 15 is 0 Å². The van der Waals surface area contributed by atoms with Crippen LogP contribution in [0.1, 0.15) is 23.6 Å². The molecule has 0 saturated carbocycles. The number of hydrogen-bond donors (Lipinski definition) is 2. The van der Waals surface area contributed by atoms with Crippen molar-refractivity contribution in [1.82, 2.24) is 10.7 Å². The van der Waals surface area contributed by atoms with Crippen molar-refractivity contribution in [2.45, 2.75) is 20.8 Å². The zero-order chi connectivity index (χ0) is 14.3. The summed E-state index contributed by atoms with van der Waals surface area (Å²) in [4.78, 5) is 0. The molecular formula is C14H21N3OS. The first-order valence-corrected chi connectivity index (χ1v) is 6.60. The van der Waals surface area contributed by atoms with Crippen LogP contribution in [0.3, 0.4) is 0 Å². The summed E-state index contributed by atoms with van der Waals surface area (Å²) in [5.41, 5.74) is 7.36. The van der Waals surface area contributed by atoms with Crippen molar-refractivity contribution in [2.24, 2.45) is 5.10 Å². The minimum Gasteiger partial charge on any atom is -0.383 e. The fourth-order valence-corrected chi connectivity index (χ4v) is 1.62. The summed E-state index contributed by atoms with van der Waals surface area (Å²) in [6.45, 7) is 7.42. The lowest BCUT2D eigenvalue weighted by molar-refractivity contribution is 0.204. The van der Waals surface area contributed by atoms with Gasteiger partial charge in [-0.3, -0.25) is 5.43 Å². The molecule has 5 heteroatoms. The second kappa shape index (κ2) is 7.86. The highest BCUT2D eigenvalue weighted by molar-refractivity contribution is 7.80. The number of methoxy groups -OCH3 is 1. The maximum Gasteiger partial charge on any atom is 0.187 e. The maximum atomic E-state index is 5.10. The topological polar surface area (TPSA) is 45.6 Å². The standard InChI is InChI=1S/C14H21N3OS/c1-10-5-6-13(9-11(10)2)12(3)16-17-14(19)15-7-8-18-4/h5-6,9H,7-8H2,1-4H3,(H2,15,17,19)/b16-12-. The lowest BCUT2D eigenvalue weighted by Gasteiger charge is -2.08. The average molecular weight is 279 g/mol. The van der Waals surface area contributed by atoms with Crippen LogP contribution < -0.4 is 10.7 Å². The predicted molar refractivity (Wildman–Crippen MR) is 83.7 cm³/mol. The van der Waals surface area contributed by atoms with E-state index in [0.717, 1.165) is 11.3 Å². The monoisotopic (exact) mass is 279 g/mol. The minimum absolute atomic E-state index is 0.500. The van der Waals surface area contributed by atoms with Crippen LogP contribution >= 0.6 is 12.2 Å². The van der Waals surface area contributed by atoms with E-state index in [1.54, 1.807) is 7.11 Å². The summed E-state index contributed by atoms with van der Waals surface area (Å²) < 4.78 is 4.93. The van der Waals surface area contributed by atoms with E-state index in [1.807, 2.05) is 6.92 Å². The average Bonchev–Trinajstić information content (AvgIpc) is 2.39. The first kappa shape index (κ1) is 15.6. The Labute approximate surface area is 120 Å². The zero-order valence-corrected chi connectivity index (χ0v) is 12.7. The highest BCUT2D eigenvalue weighted by Crippen LogP contribution is 2.10. The normalized spacial score (nSPS) is 11.3. The Morgan fingerprint density at radius 1 is 1.32 bits per heavy atom. The molecule has 0 aromatic heterocycles. The first-order valence-electron chi connectivity index (χ1n) is 6.19. The van der Waals surface area contributed by atoms with Gasteiger partial charge >= 0.3 is 0 Å². The fraction of sp³-hybridized carbons (Fsp3) is 0.429. The van der Waals surface area contributed by atoms with Crippen LogP contribution in [0, 0.1) is 13.8 Å². The number of thiocarbonyl (C=S) groups is 1. The smallest absolute Gasteiger partial charge is 0.187 e. The van der Waals surface area contributed by atoms with Crippen molar-refractivity contribution in [3.63, 3.8) is 0 Å². The van der Waals surface area contributed by atoms with Crippen LogP contribution in [0.25, 0.3) is 0 Å². The molecule has 4 nitrogen and oxygen atoms in total. The van der Waals surface area contributed by atoms with E-state index < -0.39 is 0 Å². The van der Waals surface area contributed by atoms with Gasteiger partial charge in [-0.1, -0.05) is 12.1 Å². The number of rotatable bonds is 5. The Kier molecular flexibility index (Phi) is 6.45. The van der Waals surface area contributed by atoms with Gasteiger partial charge in [0.15, 0.2) is 5.11 Å². The molecule has 1 rings (SSSR count). The van der Waals surface area contributed by atoms with Crippen molar-refractivity contribution >= 4 is 23.0 Å². The molecule has 0 saturated heterocycles. The Bertz CT molecular complexity index is 472. The van der Waals surface area contributed by atoms with Gasteiger partial charge in [0.25, 0.3) is 0 Å². The second-order valence-corrected chi connectivity index (χ2v) is 4.77. The number of hydrogen-bond acceptors (Lipinski definition) is 3. The molecule has 0 unspecified atom stereocenters. The van der Waals surface area contributed by atoms with Crippen LogP contribution in [-0.2, 0) is 4.74 Å². The maximum absolute atomic E-state index is 5.10. The molecule has 1 aromatic carbocycles. The number of aryl methyl sites for hydroxylation is 2. The number of hydrazone groups is 1. The fourth-order valence-electron chi connectivity index (χ4n) is 1.47. The SMILES string of the molecule is COCCNC(=S)N/N=C(/C)c1ccc(C)c(C)c1. The van der Waals surface area contributed by atoms with Crippen LogP contribution in [-0.4, -0.2) is 31.1 Å². The molecule has 0 amide bonds. The Hall–Kier alpha value is -1.46. The number of nitrogens with one attached hydrogen (secondary N) is 2. The van der Waals surface area contributed by atoms with E-state index in [2.05, 4.69) is 47.9 Å². The Morgan fingerprint density at radius 3 is 2.68 bits per heavy atom. The Balaban J connectivity index is 2.56. The predicted octanol–water partition coefficient (Wildman–Crippen LogP) is 2.14. The molecule has 0 atom stereocenters. The zero-order valence-electron chi connectivity index (χ0n) is 11.9. The molecule has 19 heavy (non-hydrogen) atoms. The molecule has 0 bridgehead atoms. The summed E-state index contributed by atoms with van der Waals surface area (Å²) in [6.07, 6.45) is 0. The minimum atomic E-state index is 0.500. The summed E-state index contributed by atoms with van der Waals surface area (Å²) in [6, 6.07) is 6.28. The summed E-state index contributed by atoms with van der Waals surface area (Å²) >= 11 is 5.10. The van der Waals surface area contributed by atoms with E-state index in [1.165, 1.54) is 11.1 Å². The second-order valence-electron chi connectivity index (χ2n) is 4.36. The molecule has 2 N–H and O–H groups in total. The van der Waals surface area contributed by atoms with E-state index in [0.29, 0.717) is 18.3 Å². The van der Waals surface area contributed by atoms with Gasteiger partial charge in [0.1, 0.15) is 0 Å². The van der Waals surface area contributed by atoms with Gasteiger partial charge in [0, 0.05) is 13.7 Å². The molecule has 0 aliphatic carbocycles. The van der Waals surface area contributed by atoms with E-state index in [4.69, 9.17) is 17.0 Å². The third kappa shape index (κ3) is 5.36. The molecule has 0 fully saturated rings. The van der Waals surface area contributed by atoms with Crippen LogP contribution in [0.4, 0.5) is 0 Å². The Morgan fingerprint density at radius 2 is 2.05 bits per heavy atom. The highest BCUT2D eigenvalue weighted by atomic mass is 32.1. The molecule has 0 radical (unpaired) electrons. The van der Waals surface area contributed by atoms with Crippen LogP contribution in [0.5, 0.6) is 0 Å². The molecule has 0 aliphatic heterocycles.